The van der Waals surface area contributed by atoms with E-state index in [0.717, 1.165) is 12.5 Å². The van der Waals surface area contributed by atoms with E-state index < -0.39 is 0 Å². The van der Waals surface area contributed by atoms with Crippen molar-refractivity contribution in [3.8, 4) is 0 Å². The van der Waals surface area contributed by atoms with Gasteiger partial charge >= 0.3 is 0 Å². The first kappa shape index (κ1) is 14.6. The monoisotopic (exact) mass is 259 g/mol. The molecule has 0 aliphatic heterocycles. The summed E-state index contributed by atoms with van der Waals surface area (Å²) in [6.07, 6.45) is 5.43. The highest BCUT2D eigenvalue weighted by Crippen LogP contribution is 2.34. The second-order valence-electron chi connectivity index (χ2n) is 7.08. The summed E-state index contributed by atoms with van der Waals surface area (Å²) in [4.78, 5) is 0. The molecule has 0 radical (unpaired) electrons. The molecule has 19 heavy (non-hydrogen) atoms. The van der Waals surface area contributed by atoms with Crippen LogP contribution in [0.25, 0.3) is 0 Å². The summed E-state index contributed by atoms with van der Waals surface area (Å²) in [6.45, 7) is 10.1. The number of hydrogen-bond donors (Lipinski definition) is 1. The van der Waals surface area contributed by atoms with Crippen LogP contribution in [-0.2, 0) is 11.8 Å². The van der Waals surface area contributed by atoms with Gasteiger partial charge in [0.05, 0.1) is 0 Å². The molecule has 1 saturated carbocycles. The van der Waals surface area contributed by atoms with Crippen LogP contribution in [0.1, 0.15) is 58.1 Å². The first-order valence-corrected chi connectivity index (χ1v) is 7.82. The zero-order valence-electron chi connectivity index (χ0n) is 13.0. The van der Waals surface area contributed by atoms with Gasteiger partial charge in [0.1, 0.15) is 0 Å². The molecule has 1 aliphatic carbocycles. The third-order valence-electron chi connectivity index (χ3n) is 4.11. The molecule has 1 aromatic carbocycles. The van der Waals surface area contributed by atoms with Crippen molar-refractivity contribution in [1.82, 2.24) is 5.32 Å². The van der Waals surface area contributed by atoms with Gasteiger partial charge in [0, 0.05) is 6.04 Å². The van der Waals surface area contributed by atoms with Gasteiger partial charge in [-0.15, -0.1) is 0 Å². The molecule has 0 aromatic heterocycles. The van der Waals surface area contributed by atoms with Crippen LogP contribution in [0.4, 0.5) is 0 Å². The summed E-state index contributed by atoms with van der Waals surface area (Å²) < 4.78 is 0. The van der Waals surface area contributed by atoms with Crippen molar-refractivity contribution in [1.29, 1.82) is 0 Å². The Labute approximate surface area is 118 Å². The van der Waals surface area contributed by atoms with Crippen molar-refractivity contribution in [2.45, 2.75) is 64.8 Å². The van der Waals surface area contributed by atoms with Gasteiger partial charge in [-0.05, 0) is 41.8 Å². The van der Waals surface area contributed by atoms with E-state index in [9.17, 15) is 0 Å². The third kappa shape index (κ3) is 4.65. The lowest BCUT2D eigenvalue weighted by Crippen LogP contribution is -2.31. The fourth-order valence-corrected chi connectivity index (χ4v) is 2.71. The topological polar surface area (TPSA) is 12.0 Å². The molecule has 1 unspecified atom stereocenters. The Balaban J connectivity index is 1.96. The van der Waals surface area contributed by atoms with Gasteiger partial charge in [-0.25, -0.2) is 0 Å². The lowest BCUT2D eigenvalue weighted by molar-refractivity contribution is 0.466. The molecule has 0 spiro atoms. The van der Waals surface area contributed by atoms with Crippen molar-refractivity contribution in [3.05, 3.63) is 35.4 Å². The summed E-state index contributed by atoms with van der Waals surface area (Å²) in [6, 6.07) is 9.90. The van der Waals surface area contributed by atoms with E-state index >= 15 is 0 Å². The summed E-state index contributed by atoms with van der Waals surface area (Å²) in [5.41, 5.74) is 3.16. The van der Waals surface area contributed by atoms with Crippen LogP contribution in [0.3, 0.4) is 0 Å². The molecule has 2 rings (SSSR count). The molecule has 1 atom stereocenters. The second-order valence-corrected chi connectivity index (χ2v) is 7.08. The van der Waals surface area contributed by atoms with Crippen molar-refractivity contribution in [3.63, 3.8) is 0 Å². The third-order valence-corrected chi connectivity index (χ3v) is 4.11. The van der Waals surface area contributed by atoms with E-state index in [2.05, 4.69) is 57.3 Å². The maximum absolute atomic E-state index is 3.65. The fraction of sp³-hybridized carbons (Fsp3) is 0.667. The zero-order valence-corrected chi connectivity index (χ0v) is 13.0. The van der Waals surface area contributed by atoms with Crippen LogP contribution >= 0.6 is 0 Å². The van der Waals surface area contributed by atoms with E-state index in [1.165, 1.54) is 36.8 Å². The molecule has 106 valence electrons. The highest BCUT2D eigenvalue weighted by Gasteiger charge is 2.25. The van der Waals surface area contributed by atoms with Crippen molar-refractivity contribution in [2.75, 3.05) is 6.54 Å². The fourth-order valence-electron chi connectivity index (χ4n) is 2.71. The number of likely N-dealkylation sites (N-methyl/N-ethyl adjacent to an activating group) is 1. The van der Waals surface area contributed by atoms with Crippen LogP contribution in [0, 0.1) is 5.92 Å². The highest BCUT2D eigenvalue weighted by molar-refractivity contribution is 5.28. The highest BCUT2D eigenvalue weighted by atomic mass is 14.9. The van der Waals surface area contributed by atoms with Crippen LogP contribution in [-0.4, -0.2) is 12.6 Å². The minimum atomic E-state index is 0.258. The predicted molar refractivity (Wildman–Crippen MR) is 83.7 cm³/mol. The van der Waals surface area contributed by atoms with Crippen molar-refractivity contribution < 1.29 is 0 Å². The Hall–Kier alpha value is -0.820. The van der Waals surface area contributed by atoms with E-state index in [-0.39, 0.29) is 5.41 Å². The quantitative estimate of drug-likeness (QED) is 0.803. The average molecular weight is 259 g/mol. The Bertz CT molecular complexity index is 381. The molecule has 0 bridgehead atoms. The van der Waals surface area contributed by atoms with E-state index in [1.54, 1.807) is 0 Å². The van der Waals surface area contributed by atoms with Crippen LogP contribution < -0.4 is 5.32 Å². The normalized spacial score (nSPS) is 17.5. The molecule has 1 nitrogen and oxygen atoms in total. The second kappa shape index (κ2) is 6.09. The molecule has 0 amide bonds. The first-order valence-electron chi connectivity index (χ1n) is 7.82. The molecule has 0 saturated heterocycles. The molecule has 1 aromatic rings. The van der Waals surface area contributed by atoms with E-state index in [1.807, 2.05) is 0 Å². The van der Waals surface area contributed by atoms with Gasteiger partial charge in [-0.3, -0.25) is 0 Å². The van der Waals surface area contributed by atoms with E-state index in [0.29, 0.717) is 6.04 Å². The van der Waals surface area contributed by atoms with Gasteiger partial charge in [0.25, 0.3) is 0 Å². The van der Waals surface area contributed by atoms with Gasteiger partial charge < -0.3 is 5.32 Å². The lowest BCUT2D eigenvalue weighted by Gasteiger charge is -2.21. The maximum atomic E-state index is 3.65. The Kier molecular flexibility index (Phi) is 4.67. The van der Waals surface area contributed by atoms with Gasteiger partial charge in [0.15, 0.2) is 0 Å². The molecule has 0 heterocycles. The number of nitrogens with one attached hydrogen (secondary N) is 1. The Morgan fingerprint density at radius 1 is 1.16 bits per heavy atom. The average Bonchev–Trinajstić information content (AvgIpc) is 3.13. The SMILES string of the molecule is CCNC(Cc1ccc(C(C)(C)C)cc1)CC1CC1. The van der Waals surface area contributed by atoms with Crippen LogP contribution in [0.2, 0.25) is 0 Å². The van der Waals surface area contributed by atoms with E-state index in [4.69, 9.17) is 0 Å². The minimum Gasteiger partial charge on any atom is -0.314 e. The van der Waals surface area contributed by atoms with Gasteiger partial charge in [-0.2, -0.15) is 0 Å². The molecule has 1 fully saturated rings. The Morgan fingerprint density at radius 3 is 2.26 bits per heavy atom. The number of hydrogen-bond acceptors (Lipinski definition) is 1. The molecule has 1 heteroatoms. The molecule has 1 N–H and O–H groups in total. The summed E-state index contributed by atoms with van der Waals surface area (Å²) in [5, 5.41) is 3.65. The largest absolute Gasteiger partial charge is 0.314 e. The maximum Gasteiger partial charge on any atom is 0.0110 e. The standard InChI is InChI=1S/C18H29N/c1-5-19-17(12-14-6-7-14)13-15-8-10-16(11-9-15)18(2,3)4/h8-11,14,17,19H,5-7,12-13H2,1-4H3. The predicted octanol–water partition coefficient (Wildman–Crippen LogP) is 4.30. The summed E-state index contributed by atoms with van der Waals surface area (Å²) in [7, 11) is 0. The first-order chi connectivity index (χ1) is 8.99. The minimum absolute atomic E-state index is 0.258. The number of benzene rings is 1. The Morgan fingerprint density at radius 2 is 1.79 bits per heavy atom. The van der Waals surface area contributed by atoms with Crippen molar-refractivity contribution in [2.24, 2.45) is 5.92 Å². The van der Waals surface area contributed by atoms with Gasteiger partial charge in [-0.1, -0.05) is 64.8 Å². The molecular formula is C18H29N. The molecule has 1 aliphatic rings. The van der Waals surface area contributed by atoms with Crippen LogP contribution in [0.5, 0.6) is 0 Å². The smallest absolute Gasteiger partial charge is 0.0110 e. The summed E-state index contributed by atoms with van der Waals surface area (Å²) in [5.74, 6) is 0.998. The molecular weight excluding hydrogens is 230 g/mol. The zero-order chi connectivity index (χ0) is 13.9. The lowest BCUT2D eigenvalue weighted by atomic mass is 9.86. The number of rotatable bonds is 6. The van der Waals surface area contributed by atoms with Crippen molar-refractivity contribution >= 4 is 0 Å². The van der Waals surface area contributed by atoms with Gasteiger partial charge in [0.2, 0.25) is 0 Å². The summed E-state index contributed by atoms with van der Waals surface area (Å²) >= 11 is 0. The van der Waals surface area contributed by atoms with Crippen LogP contribution in [0.15, 0.2) is 24.3 Å².